The second-order valence-electron chi connectivity index (χ2n) is 6.29. The first-order chi connectivity index (χ1) is 8.62. The average molecular weight is 277 g/mol. The van der Waals surface area contributed by atoms with Gasteiger partial charge >= 0.3 is 0 Å². The first-order valence-electron chi connectivity index (χ1n) is 6.40. The van der Waals surface area contributed by atoms with Crippen LogP contribution in [0.4, 0.5) is 0 Å². The lowest BCUT2D eigenvalue weighted by atomic mass is 10.1. The fraction of sp³-hybridized carbons (Fsp3) is 0.533. The molecule has 104 valence electrons. The number of hydrogen-bond acceptors (Lipinski definition) is 3. The molecular weight excluding hydrogens is 254 g/mol. The van der Waals surface area contributed by atoms with Crippen LogP contribution in [0, 0.1) is 18.3 Å². The number of ether oxygens (including phenoxy) is 1. The van der Waals surface area contributed by atoms with Gasteiger partial charge in [0.25, 0.3) is 8.32 Å². The van der Waals surface area contributed by atoms with Crippen molar-refractivity contribution in [2.75, 3.05) is 7.11 Å². The zero-order chi connectivity index (χ0) is 14.8. The van der Waals surface area contributed by atoms with Crippen molar-refractivity contribution in [1.82, 2.24) is 0 Å². The van der Waals surface area contributed by atoms with E-state index in [1.165, 1.54) is 0 Å². The topological polar surface area (TPSA) is 42.2 Å². The molecule has 4 heteroatoms. The van der Waals surface area contributed by atoms with Crippen LogP contribution in [-0.4, -0.2) is 15.4 Å². The molecule has 0 bridgehead atoms. The highest BCUT2D eigenvalue weighted by Crippen LogP contribution is 2.40. The van der Waals surface area contributed by atoms with Crippen LogP contribution in [0.15, 0.2) is 12.1 Å². The van der Waals surface area contributed by atoms with Crippen LogP contribution >= 0.6 is 0 Å². The van der Waals surface area contributed by atoms with E-state index in [1.54, 1.807) is 13.2 Å². The van der Waals surface area contributed by atoms with E-state index in [-0.39, 0.29) is 5.04 Å². The predicted molar refractivity (Wildman–Crippen MR) is 80.3 cm³/mol. The number of nitriles is 1. The molecule has 3 nitrogen and oxygen atoms in total. The third-order valence-corrected chi connectivity index (χ3v) is 8.14. The summed E-state index contributed by atoms with van der Waals surface area (Å²) in [6.45, 7) is 12.9. The van der Waals surface area contributed by atoms with Gasteiger partial charge in [0, 0.05) is 6.07 Å². The zero-order valence-corrected chi connectivity index (χ0v) is 13.9. The zero-order valence-electron chi connectivity index (χ0n) is 12.9. The van der Waals surface area contributed by atoms with Crippen molar-refractivity contribution >= 4 is 8.32 Å². The van der Waals surface area contributed by atoms with Crippen molar-refractivity contribution in [3.63, 3.8) is 0 Å². The Labute approximate surface area is 117 Å². The van der Waals surface area contributed by atoms with E-state index in [0.29, 0.717) is 11.3 Å². The highest BCUT2D eigenvalue weighted by atomic mass is 28.4. The lowest BCUT2D eigenvalue weighted by Gasteiger charge is -2.36. The van der Waals surface area contributed by atoms with E-state index in [9.17, 15) is 0 Å². The van der Waals surface area contributed by atoms with Crippen molar-refractivity contribution in [3.8, 4) is 17.6 Å². The Balaban J connectivity index is 3.22. The fourth-order valence-electron chi connectivity index (χ4n) is 1.45. The quantitative estimate of drug-likeness (QED) is 0.775. The Morgan fingerprint density at radius 2 is 1.74 bits per heavy atom. The summed E-state index contributed by atoms with van der Waals surface area (Å²) in [6.07, 6.45) is 0. The molecule has 0 fully saturated rings. The maximum absolute atomic E-state index is 9.05. The fourth-order valence-corrected chi connectivity index (χ4v) is 2.46. The van der Waals surface area contributed by atoms with Gasteiger partial charge in [-0.15, -0.1) is 0 Å². The summed E-state index contributed by atoms with van der Waals surface area (Å²) in [7, 11) is -0.305. The molecule has 0 heterocycles. The standard InChI is InChI=1S/C15H23NO2Si/c1-11-8-14(13(17-5)9-12(11)10-16)18-19(6,7)15(2,3)4/h8-9H,1-7H3. The third-order valence-electron chi connectivity index (χ3n) is 3.80. The van der Waals surface area contributed by atoms with Gasteiger partial charge in [-0.25, -0.2) is 0 Å². The number of aryl methyl sites for hydroxylation is 1. The predicted octanol–water partition coefficient (Wildman–Crippen LogP) is 4.26. The molecule has 0 aromatic heterocycles. The van der Waals surface area contributed by atoms with E-state index in [1.807, 2.05) is 13.0 Å². The van der Waals surface area contributed by atoms with E-state index < -0.39 is 8.32 Å². The Morgan fingerprint density at radius 3 is 2.16 bits per heavy atom. The summed E-state index contributed by atoms with van der Waals surface area (Å²) in [5, 5.41) is 9.18. The first kappa shape index (κ1) is 15.6. The monoisotopic (exact) mass is 277 g/mol. The van der Waals surface area contributed by atoms with Crippen molar-refractivity contribution in [1.29, 1.82) is 5.26 Å². The molecule has 19 heavy (non-hydrogen) atoms. The first-order valence-corrected chi connectivity index (χ1v) is 9.31. The second-order valence-corrected chi connectivity index (χ2v) is 11.0. The van der Waals surface area contributed by atoms with Crippen LogP contribution in [0.1, 0.15) is 31.9 Å². The summed E-state index contributed by atoms with van der Waals surface area (Å²) in [4.78, 5) is 0. The number of benzene rings is 1. The largest absolute Gasteiger partial charge is 0.541 e. The van der Waals surface area contributed by atoms with Gasteiger partial charge in [-0.05, 0) is 36.7 Å². The third kappa shape index (κ3) is 3.30. The lowest BCUT2D eigenvalue weighted by Crippen LogP contribution is -2.43. The summed E-state index contributed by atoms with van der Waals surface area (Å²) in [5.41, 5.74) is 1.54. The Kier molecular flexibility index (Phi) is 4.31. The van der Waals surface area contributed by atoms with Gasteiger partial charge in [-0.2, -0.15) is 5.26 Å². The molecule has 1 rings (SSSR count). The minimum absolute atomic E-state index is 0.125. The normalized spacial score (nSPS) is 11.9. The number of hydrogen-bond donors (Lipinski definition) is 0. The molecule has 0 spiro atoms. The molecule has 0 aliphatic heterocycles. The van der Waals surface area contributed by atoms with E-state index >= 15 is 0 Å². The average Bonchev–Trinajstić information content (AvgIpc) is 2.27. The lowest BCUT2D eigenvalue weighted by molar-refractivity contribution is 0.385. The number of nitrogens with zero attached hydrogens (tertiary/aromatic N) is 1. The Morgan fingerprint density at radius 1 is 1.16 bits per heavy atom. The van der Waals surface area contributed by atoms with Crippen molar-refractivity contribution < 1.29 is 9.16 Å². The molecule has 0 aliphatic carbocycles. The highest BCUT2D eigenvalue weighted by Gasteiger charge is 2.39. The van der Waals surface area contributed by atoms with Crippen molar-refractivity contribution in [2.24, 2.45) is 0 Å². The molecule has 0 atom stereocenters. The molecule has 0 radical (unpaired) electrons. The smallest absolute Gasteiger partial charge is 0.250 e. The molecule has 0 aliphatic rings. The minimum Gasteiger partial charge on any atom is -0.541 e. The summed E-state index contributed by atoms with van der Waals surface area (Å²) in [5.74, 6) is 1.37. The van der Waals surface area contributed by atoms with Crippen LogP contribution < -0.4 is 9.16 Å². The number of methoxy groups -OCH3 is 1. The molecule has 0 amide bonds. The van der Waals surface area contributed by atoms with Gasteiger partial charge in [-0.3, -0.25) is 0 Å². The summed E-state index contributed by atoms with van der Waals surface area (Å²) in [6, 6.07) is 5.81. The number of rotatable bonds is 3. The molecule has 0 unspecified atom stereocenters. The van der Waals surface area contributed by atoms with Gasteiger partial charge < -0.3 is 9.16 Å². The van der Waals surface area contributed by atoms with E-state index in [2.05, 4.69) is 39.9 Å². The highest BCUT2D eigenvalue weighted by molar-refractivity contribution is 6.74. The molecule has 0 saturated heterocycles. The van der Waals surface area contributed by atoms with E-state index in [0.717, 1.165) is 11.3 Å². The summed E-state index contributed by atoms with van der Waals surface area (Å²) >= 11 is 0. The van der Waals surface area contributed by atoms with Gasteiger partial charge in [0.2, 0.25) is 0 Å². The molecular formula is C15H23NO2Si. The molecule has 1 aromatic carbocycles. The van der Waals surface area contributed by atoms with Gasteiger partial charge in [-0.1, -0.05) is 20.8 Å². The van der Waals surface area contributed by atoms with Gasteiger partial charge in [0.15, 0.2) is 5.75 Å². The minimum atomic E-state index is -1.91. The van der Waals surface area contributed by atoms with Crippen LogP contribution in [-0.2, 0) is 0 Å². The SMILES string of the molecule is COc1cc(C#N)c(C)cc1O[Si](C)(C)C(C)(C)C. The second kappa shape index (κ2) is 5.26. The van der Waals surface area contributed by atoms with Crippen molar-refractivity contribution in [2.45, 2.75) is 45.8 Å². The summed E-state index contributed by atoms with van der Waals surface area (Å²) < 4.78 is 11.6. The van der Waals surface area contributed by atoms with E-state index in [4.69, 9.17) is 14.4 Å². The van der Waals surface area contributed by atoms with Crippen LogP contribution in [0.3, 0.4) is 0 Å². The Hall–Kier alpha value is -1.47. The maximum atomic E-state index is 9.05. The molecule has 0 N–H and O–H groups in total. The van der Waals surface area contributed by atoms with Crippen LogP contribution in [0.2, 0.25) is 18.1 Å². The maximum Gasteiger partial charge on any atom is 0.250 e. The van der Waals surface area contributed by atoms with Gasteiger partial charge in [0.1, 0.15) is 5.75 Å². The van der Waals surface area contributed by atoms with Crippen molar-refractivity contribution in [3.05, 3.63) is 23.3 Å². The molecule has 0 saturated carbocycles. The Bertz CT molecular complexity index is 510. The van der Waals surface area contributed by atoms with Crippen LogP contribution in [0.25, 0.3) is 0 Å². The van der Waals surface area contributed by atoms with Gasteiger partial charge in [0.05, 0.1) is 18.7 Å². The van der Waals surface area contributed by atoms with Crippen LogP contribution in [0.5, 0.6) is 11.5 Å². The molecule has 1 aromatic rings.